The Kier molecular flexibility index (Phi) is 18.0. The monoisotopic (exact) mass is 1110 g/mol. The number of benzene rings is 4. The highest BCUT2D eigenvalue weighted by molar-refractivity contribution is 9.10. The highest BCUT2D eigenvalue weighted by Gasteiger charge is 2.63. The Morgan fingerprint density at radius 1 is 0.321 bits per heavy atom. The van der Waals surface area contributed by atoms with Crippen molar-refractivity contribution in [3.05, 3.63) is 188 Å². The van der Waals surface area contributed by atoms with Crippen molar-refractivity contribution in [2.45, 2.75) is 117 Å². The Hall–Kier alpha value is -6.17. The number of hydrogen-bond donors (Lipinski definition) is 1. The normalized spacial score (nSPS) is 17.8. The number of aromatic nitrogens is 4. The molecule has 0 aliphatic carbocycles. The Morgan fingerprint density at radius 3 is 0.885 bits per heavy atom. The molecular formula is C62H71B3BrN5O7. The average Bonchev–Trinajstić information content (AvgIpc) is 3.90. The second-order valence-electron chi connectivity index (χ2n) is 22.5. The quantitative estimate of drug-likeness (QED) is 0.143. The van der Waals surface area contributed by atoms with E-state index in [0.29, 0.717) is 0 Å². The number of halogens is 1. The molecule has 16 heteroatoms. The van der Waals surface area contributed by atoms with Crippen molar-refractivity contribution in [1.29, 1.82) is 0 Å². The summed E-state index contributed by atoms with van der Waals surface area (Å²) in [5, 5.41) is 0. The zero-order valence-corrected chi connectivity index (χ0v) is 48.5. The SMILES string of the molecule is Brc1cccc(-c2cc(-c3cccnc3)cc(-c3cccnc3)c2)c1.CC1(C)OB(B2OC(C)(C)C(C)(C)O2)OC1(C)C.CC1(C)OB(c2cccc(-c3cc(-c4cccnc4)cc(-c4cccnc4)c3)c2)OC1(C)C.N.O. The van der Waals surface area contributed by atoms with Crippen LogP contribution in [0.2, 0.25) is 0 Å². The van der Waals surface area contributed by atoms with Crippen LogP contribution in [0.4, 0.5) is 0 Å². The van der Waals surface area contributed by atoms with Gasteiger partial charge in [0.2, 0.25) is 0 Å². The second-order valence-corrected chi connectivity index (χ2v) is 23.5. The van der Waals surface area contributed by atoms with Gasteiger partial charge in [-0.2, -0.15) is 0 Å². The molecule has 4 aromatic carbocycles. The summed E-state index contributed by atoms with van der Waals surface area (Å²) >= 11 is 3.57. The van der Waals surface area contributed by atoms with E-state index in [0.717, 1.165) is 65.6 Å². The summed E-state index contributed by atoms with van der Waals surface area (Å²) < 4.78 is 37.5. The van der Waals surface area contributed by atoms with Gasteiger partial charge in [-0.25, -0.2) is 0 Å². The van der Waals surface area contributed by atoms with Gasteiger partial charge in [0.05, 0.1) is 33.6 Å². The van der Waals surface area contributed by atoms with Gasteiger partial charge in [0.1, 0.15) is 0 Å². The third kappa shape index (κ3) is 13.1. The molecule has 0 bridgehead atoms. The molecule has 0 unspecified atom stereocenters. The lowest BCUT2D eigenvalue weighted by Crippen LogP contribution is -2.41. The fraction of sp³-hybridized carbons (Fsp3) is 0.290. The molecule has 0 amide bonds. The third-order valence-electron chi connectivity index (χ3n) is 15.5. The molecule has 3 aliphatic heterocycles. The first-order valence-electron chi connectivity index (χ1n) is 25.8. The number of hydrogen-bond acceptors (Lipinski definition) is 11. The van der Waals surface area contributed by atoms with Crippen LogP contribution < -0.4 is 11.6 Å². The van der Waals surface area contributed by atoms with Crippen molar-refractivity contribution in [1.82, 2.24) is 26.1 Å². The third-order valence-corrected chi connectivity index (χ3v) is 16.0. The van der Waals surface area contributed by atoms with E-state index in [-0.39, 0.29) is 45.2 Å². The van der Waals surface area contributed by atoms with E-state index in [1.165, 1.54) is 11.1 Å². The van der Waals surface area contributed by atoms with Gasteiger partial charge in [0.25, 0.3) is 0 Å². The molecule has 0 radical (unpaired) electrons. The van der Waals surface area contributed by atoms with E-state index < -0.39 is 21.1 Å². The van der Waals surface area contributed by atoms with E-state index in [1.807, 2.05) is 111 Å². The fourth-order valence-corrected chi connectivity index (χ4v) is 9.30. The molecule has 5 N–H and O–H groups in total. The second kappa shape index (κ2) is 23.7. The molecule has 0 spiro atoms. The molecule has 4 aromatic heterocycles. The minimum Gasteiger partial charge on any atom is -0.412 e. The lowest BCUT2D eigenvalue weighted by atomic mass is 9.49. The largest absolute Gasteiger partial charge is 0.494 e. The van der Waals surface area contributed by atoms with Gasteiger partial charge < -0.3 is 39.6 Å². The first-order valence-corrected chi connectivity index (χ1v) is 26.6. The van der Waals surface area contributed by atoms with Crippen LogP contribution in [0.25, 0.3) is 66.8 Å². The van der Waals surface area contributed by atoms with Crippen molar-refractivity contribution < 1.29 is 33.4 Å². The van der Waals surface area contributed by atoms with Gasteiger partial charge in [-0.05, 0) is 206 Å². The molecule has 402 valence electrons. The zero-order chi connectivity index (χ0) is 54.1. The van der Waals surface area contributed by atoms with Gasteiger partial charge >= 0.3 is 21.1 Å². The molecule has 8 aromatic rings. The van der Waals surface area contributed by atoms with Crippen LogP contribution in [0, 0.1) is 0 Å². The van der Waals surface area contributed by atoms with Gasteiger partial charge in [-0.1, -0.05) is 76.6 Å². The fourth-order valence-electron chi connectivity index (χ4n) is 8.90. The predicted molar refractivity (Wildman–Crippen MR) is 321 cm³/mol. The zero-order valence-electron chi connectivity index (χ0n) is 46.9. The number of pyridine rings is 4. The molecule has 78 heavy (non-hydrogen) atoms. The van der Waals surface area contributed by atoms with Gasteiger partial charge in [0.15, 0.2) is 0 Å². The molecule has 3 aliphatic rings. The van der Waals surface area contributed by atoms with Gasteiger partial charge in [-0.15, -0.1) is 0 Å². The standard InChI is InChI=1S/C28H27BN2O2.C22H15BrN2.C12H24B2O4.H3N.H2O/c1-27(2)28(3,4)33-29(32-27)26-11-5-8-20(17-26)23-14-24(21-9-6-12-30-18-21)16-25(15-23)22-10-7-13-31-19-22;23-22-7-1-4-16(13-22)19-10-20(17-5-2-8-24-14-17)12-21(11-19)18-6-3-9-25-15-18;1-9(2)10(3,4)16-13(15-9)14-17-11(5,6)12(7,8)18-14;;/h5-19H,1-4H3;1-15H;1-8H3;1H3;1H2. The Balaban J connectivity index is 0.000000175. The lowest BCUT2D eigenvalue weighted by Gasteiger charge is -2.32. The molecule has 11 rings (SSSR count). The lowest BCUT2D eigenvalue weighted by molar-refractivity contribution is 0.00578. The highest BCUT2D eigenvalue weighted by atomic mass is 79.9. The summed E-state index contributed by atoms with van der Waals surface area (Å²) in [6.07, 6.45) is 14.8. The molecular weight excluding hydrogens is 1040 g/mol. The van der Waals surface area contributed by atoms with E-state index >= 15 is 0 Å². The van der Waals surface area contributed by atoms with Crippen LogP contribution in [0.5, 0.6) is 0 Å². The summed E-state index contributed by atoms with van der Waals surface area (Å²) in [4.78, 5) is 17.1. The predicted octanol–water partition coefficient (Wildman–Crippen LogP) is 13.6. The van der Waals surface area contributed by atoms with E-state index in [2.05, 4.69) is 167 Å². The Labute approximate surface area is 470 Å². The van der Waals surface area contributed by atoms with Crippen LogP contribution in [-0.4, -0.2) is 80.2 Å². The van der Waals surface area contributed by atoms with E-state index in [1.54, 1.807) is 24.8 Å². The molecule has 12 nitrogen and oxygen atoms in total. The minimum absolute atomic E-state index is 0. The van der Waals surface area contributed by atoms with Crippen molar-refractivity contribution in [2.24, 2.45) is 0 Å². The molecule has 3 saturated heterocycles. The van der Waals surface area contributed by atoms with Crippen LogP contribution in [0.1, 0.15) is 83.1 Å². The van der Waals surface area contributed by atoms with Crippen molar-refractivity contribution in [3.63, 3.8) is 0 Å². The summed E-state index contributed by atoms with van der Waals surface area (Å²) in [6, 6.07) is 46.2. The summed E-state index contributed by atoms with van der Waals surface area (Å²) in [6.45, 7) is 24.5. The van der Waals surface area contributed by atoms with E-state index in [9.17, 15) is 0 Å². The number of rotatable bonds is 8. The van der Waals surface area contributed by atoms with E-state index in [4.69, 9.17) is 27.9 Å². The first kappa shape index (κ1) is 59.5. The molecule has 3 fully saturated rings. The van der Waals surface area contributed by atoms with Crippen LogP contribution >= 0.6 is 15.9 Å². The van der Waals surface area contributed by atoms with Crippen molar-refractivity contribution in [2.75, 3.05) is 0 Å². The smallest absolute Gasteiger partial charge is 0.412 e. The average molecular weight is 1110 g/mol. The Bertz CT molecular complexity index is 3090. The first-order chi connectivity index (χ1) is 36.0. The van der Waals surface area contributed by atoms with Crippen LogP contribution in [0.3, 0.4) is 0 Å². The summed E-state index contributed by atoms with van der Waals surface area (Å²) in [7, 11) is -1.35. The maximum Gasteiger partial charge on any atom is 0.494 e. The van der Waals surface area contributed by atoms with Crippen molar-refractivity contribution in [3.8, 4) is 66.8 Å². The maximum absolute atomic E-state index is 6.29. The maximum atomic E-state index is 6.29. The van der Waals surface area contributed by atoms with Crippen molar-refractivity contribution >= 4 is 42.5 Å². The summed E-state index contributed by atoms with van der Waals surface area (Å²) in [5.74, 6) is 0. The molecule has 7 heterocycles. The number of nitrogens with zero attached hydrogens (tertiary/aromatic N) is 4. The van der Waals surface area contributed by atoms with Crippen LogP contribution in [-0.2, 0) is 27.9 Å². The highest BCUT2D eigenvalue weighted by Crippen LogP contribution is 2.44. The topological polar surface area (TPSA) is 173 Å². The van der Waals surface area contributed by atoms with Crippen LogP contribution in [0.15, 0.2) is 188 Å². The van der Waals surface area contributed by atoms with Gasteiger partial charge in [-0.3, -0.25) is 19.9 Å². The summed E-state index contributed by atoms with van der Waals surface area (Å²) in [5.41, 5.74) is 12.3. The minimum atomic E-state index is -0.476. The molecule has 0 atom stereocenters. The van der Waals surface area contributed by atoms with Gasteiger partial charge in [0, 0.05) is 76.3 Å². The molecule has 0 saturated carbocycles. The Morgan fingerprint density at radius 2 is 0.590 bits per heavy atom.